The van der Waals surface area contributed by atoms with Crippen LogP contribution in [-0.2, 0) is 13.6 Å². The molecule has 0 aliphatic carbocycles. The number of para-hydroxylation sites is 1. The maximum Gasteiger partial charge on any atom is 0.267 e. The quantitative estimate of drug-likeness (QED) is 0.650. The summed E-state index contributed by atoms with van der Waals surface area (Å²) in [5.74, 6) is 0. The standard InChI is InChI=1S/C13H11IN4O/c1-17-12-5-3-2-4-9(12)11(16-17)7-18-8-15-6-10(14)13(18)19/h2-6,8H,7H2,1H3. The number of benzene rings is 1. The second-order valence-electron chi connectivity index (χ2n) is 4.26. The molecule has 0 saturated heterocycles. The summed E-state index contributed by atoms with van der Waals surface area (Å²) in [6.07, 6.45) is 3.11. The van der Waals surface area contributed by atoms with Gasteiger partial charge in [0.25, 0.3) is 5.56 Å². The van der Waals surface area contributed by atoms with E-state index in [9.17, 15) is 4.79 Å². The Morgan fingerprint density at radius 3 is 2.95 bits per heavy atom. The summed E-state index contributed by atoms with van der Waals surface area (Å²) < 4.78 is 4.02. The largest absolute Gasteiger partial charge is 0.292 e. The van der Waals surface area contributed by atoms with Crippen LogP contribution >= 0.6 is 22.6 Å². The summed E-state index contributed by atoms with van der Waals surface area (Å²) in [5.41, 5.74) is 1.90. The first-order chi connectivity index (χ1) is 9.16. The average Bonchev–Trinajstić information content (AvgIpc) is 2.73. The summed E-state index contributed by atoms with van der Waals surface area (Å²) in [7, 11) is 1.90. The molecule has 1 aromatic carbocycles. The maximum absolute atomic E-state index is 12.0. The van der Waals surface area contributed by atoms with Gasteiger partial charge in [-0.15, -0.1) is 0 Å². The lowest BCUT2D eigenvalue weighted by Crippen LogP contribution is -2.23. The van der Waals surface area contributed by atoms with Crippen LogP contribution in [-0.4, -0.2) is 19.3 Å². The molecule has 0 atom stereocenters. The van der Waals surface area contributed by atoms with Crippen LogP contribution in [0, 0.1) is 3.57 Å². The van der Waals surface area contributed by atoms with Crippen molar-refractivity contribution in [3.05, 3.63) is 56.4 Å². The fourth-order valence-electron chi connectivity index (χ4n) is 2.10. The van der Waals surface area contributed by atoms with Gasteiger partial charge in [-0.3, -0.25) is 14.0 Å². The van der Waals surface area contributed by atoms with Gasteiger partial charge in [-0.2, -0.15) is 5.10 Å². The summed E-state index contributed by atoms with van der Waals surface area (Å²) in [6.45, 7) is 0.435. The number of rotatable bonds is 2. The van der Waals surface area contributed by atoms with Gasteiger partial charge >= 0.3 is 0 Å². The van der Waals surface area contributed by atoms with Crippen LogP contribution in [0.1, 0.15) is 5.69 Å². The molecule has 0 unspecified atom stereocenters. The molecule has 0 aliphatic rings. The molecular formula is C13H11IN4O. The highest BCUT2D eigenvalue weighted by molar-refractivity contribution is 14.1. The number of halogens is 1. The lowest BCUT2D eigenvalue weighted by molar-refractivity contribution is 0.686. The zero-order chi connectivity index (χ0) is 13.4. The molecule has 3 aromatic rings. The Morgan fingerprint density at radius 1 is 1.32 bits per heavy atom. The second kappa shape index (κ2) is 4.76. The van der Waals surface area contributed by atoms with Gasteiger partial charge < -0.3 is 0 Å². The molecule has 0 radical (unpaired) electrons. The van der Waals surface area contributed by atoms with Crippen molar-refractivity contribution in [3.63, 3.8) is 0 Å². The van der Waals surface area contributed by atoms with Crippen LogP contribution in [0.5, 0.6) is 0 Å². The normalized spacial score (nSPS) is 11.1. The van der Waals surface area contributed by atoms with E-state index in [1.54, 1.807) is 17.1 Å². The van der Waals surface area contributed by atoms with Crippen LogP contribution < -0.4 is 5.56 Å². The van der Waals surface area contributed by atoms with Gasteiger partial charge in [-0.05, 0) is 28.7 Å². The molecule has 0 spiro atoms. The molecule has 3 rings (SSSR count). The van der Waals surface area contributed by atoms with Crippen molar-refractivity contribution >= 4 is 33.5 Å². The first-order valence-corrected chi connectivity index (χ1v) is 6.85. The highest BCUT2D eigenvalue weighted by atomic mass is 127. The Balaban J connectivity index is 2.11. The smallest absolute Gasteiger partial charge is 0.267 e. The Kier molecular flexibility index (Phi) is 3.09. The van der Waals surface area contributed by atoms with Crippen molar-refractivity contribution in [1.29, 1.82) is 0 Å². The van der Waals surface area contributed by atoms with Gasteiger partial charge in [0.1, 0.15) is 0 Å². The third kappa shape index (κ3) is 2.16. The predicted molar refractivity (Wildman–Crippen MR) is 81.0 cm³/mol. The third-order valence-corrected chi connectivity index (χ3v) is 3.75. The van der Waals surface area contributed by atoms with Crippen molar-refractivity contribution in [2.45, 2.75) is 6.54 Å². The average molecular weight is 366 g/mol. The van der Waals surface area contributed by atoms with Crippen LogP contribution in [0.4, 0.5) is 0 Å². The monoisotopic (exact) mass is 366 g/mol. The number of hydrogen-bond donors (Lipinski definition) is 0. The van der Waals surface area contributed by atoms with E-state index in [4.69, 9.17) is 0 Å². The fourth-order valence-corrected chi connectivity index (χ4v) is 2.57. The van der Waals surface area contributed by atoms with E-state index in [-0.39, 0.29) is 5.56 Å². The van der Waals surface area contributed by atoms with Gasteiger partial charge in [0.05, 0.1) is 27.7 Å². The highest BCUT2D eigenvalue weighted by Gasteiger charge is 2.09. The molecule has 6 heteroatoms. The van der Waals surface area contributed by atoms with Crippen molar-refractivity contribution in [1.82, 2.24) is 19.3 Å². The molecule has 5 nitrogen and oxygen atoms in total. The summed E-state index contributed by atoms with van der Waals surface area (Å²) >= 11 is 1.99. The molecule has 0 amide bonds. The van der Waals surface area contributed by atoms with E-state index < -0.39 is 0 Å². The zero-order valence-corrected chi connectivity index (χ0v) is 12.4. The number of aryl methyl sites for hydroxylation is 1. The SMILES string of the molecule is Cn1nc(Cn2cncc(I)c2=O)c2ccccc21. The Morgan fingerprint density at radius 2 is 2.11 bits per heavy atom. The lowest BCUT2D eigenvalue weighted by atomic mass is 10.2. The van der Waals surface area contributed by atoms with Gasteiger partial charge in [-0.1, -0.05) is 18.2 Å². The fraction of sp³-hybridized carbons (Fsp3) is 0.154. The van der Waals surface area contributed by atoms with Gasteiger partial charge in [0.15, 0.2) is 0 Å². The maximum atomic E-state index is 12.0. The molecular weight excluding hydrogens is 355 g/mol. The Labute approximate surface area is 123 Å². The van der Waals surface area contributed by atoms with Gasteiger partial charge in [-0.25, -0.2) is 4.98 Å². The Bertz CT molecular complexity index is 806. The molecule has 96 valence electrons. The van der Waals surface area contributed by atoms with E-state index in [2.05, 4.69) is 10.1 Å². The minimum atomic E-state index is -0.0367. The molecule has 0 aliphatic heterocycles. The zero-order valence-electron chi connectivity index (χ0n) is 10.2. The van der Waals surface area contributed by atoms with Crippen molar-refractivity contribution in [2.75, 3.05) is 0 Å². The molecule has 0 saturated carbocycles. The minimum absolute atomic E-state index is 0.0367. The van der Waals surface area contributed by atoms with Gasteiger partial charge in [0, 0.05) is 18.6 Å². The number of aromatic nitrogens is 4. The number of fused-ring (bicyclic) bond motifs is 1. The first kappa shape index (κ1) is 12.3. The van der Waals surface area contributed by atoms with Crippen LogP contribution in [0.25, 0.3) is 10.9 Å². The first-order valence-electron chi connectivity index (χ1n) is 5.77. The van der Waals surface area contributed by atoms with Crippen molar-refractivity contribution < 1.29 is 0 Å². The molecule has 19 heavy (non-hydrogen) atoms. The predicted octanol–water partition coefficient (Wildman–Crippen LogP) is 1.78. The molecule has 0 bridgehead atoms. The highest BCUT2D eigenvalue weighted by Crippen LogP contribution is 2.17. The van der Waals surface area contributed by atoms with Crippen LogP contribution in [0.15, 0.2) is 41.6 Å². The van der Waals surface area contributed by atoms with Crippen LogP contribution in [0.2, 0.25) is 0 Å². The number of nitrogens with zero attached hydrogens (tertiary/aromatic N) is 4. The van der Waals surface area contributed by atoms with E-state index in [1.165, 1.54) is 0 Å². The van der Waals surface area contributed by atoms with E-state index in [0.29, 0.717) is 10.1 Å². The summed E-state index contributed by atoms with van der Waals surface area (Å²) in [5, 5.41) is 5.55. The second-order valence-corrected chi connectivity index (χ2v) is 5.42. The lowest BCUT2D eigenvalue weighted by Gasteiger charge is -2.03. The van der Waals surface area contributed by atoms with Gasteiger partial charge in [0.2, 0.25) is 0 Å². The van der Waals surface area contributed by atoms with Crippen molar-refractivity contribution in [2.24, 2.45) is 7.05 Å². The van der Waals surface area contributed by atoms with E-state index in [1.807, 2.05) is 58.6 Å². The van der Waals surface area contributed by atoms with E-state index >= 15 is 0 Å². The van der Waals surface area contributed by atoms with E-state index in [0.717, 1.165) is 16.6 Å². The molecule has 2 aromatic heterocycles. The third-order valence-electron chi connectivity index (χ3n) is 3.01. The molecule has 0 fully saturated rings. The topological polar surface area (TPSA) is 52.7 Å². The number of hydrogen-bond acceptors (Lipinski definition) is 3. The minimum Gasteiger partial charge on any atom is -0.292 e. The molecule has 0 N–H and O–H groups in total. The molecule has 2 heterocycles. The van der Waals surface area contributed by atoms with Crippen molar-refractivity contribution in [3.8, 4) is 0 Å². The van der Waals surface area contributed by atoms with Crippen LogP contribution in [0.3, 0.4) is 0 Å². The Hall–Kier alpha value is -1.70. The summed E-state index contributed by atoms with van der Waals surface area (Å²) in [6, 6.07) is 7.99. The summed E-state index contributed by atoms with van der Waals surface area (Å²) in [4.78, 5) is 16.0.